The van der Waals surface area contributed by atoms with Crippen LogP contribution in [0.2, 0.25) is 0 Å². The molecule has 19 heavy (non-hydrogen) atoms. The summed E-state index contributed by atoms with van der Waals surface area (Å²) in [6.07, 6.45) is 0. The van der Waals surface area contributed by atoms with Crippen LogP contribution >= 0.6 is 0 Å². The maximum atomic E-state index is 11.1. The molecule has 0 aromatic heterocycles. The van der Waals surface area contributed by atoms with Gasteiger partial charge in [-0.15, -0.1) is 0 Å². The summed E-state index contributed by atoms with van der Waals surface area (Å²) in [6, 6.07) is 6.08. The van der Waals surface area contributed by atoms with Crippen LogP contribution in [0.25, 0.3) is 10.8 Å². The predicted octanol–water partition coefficient (Wildman–Crippen LogP) is 0.839. The van der Waals surface area contributed by atoms with E-state index in [1.54, 1.807) is 0 Å². The Labute approximate surface area is 108 Å². The first kappa shape index (κ1) is 13.7. The van der Waals surface area contributed by atoms with Crippen LogP contribution in [0, 0.1) is 6.07 Å². The number of phenols is 1. The molecule has 0 bridgehead atoms. The van der Waals surface area contributed by atoms with Crippen LogP contribution in [0.3, 0.4) is 0 Å². The van der Waals surface area contributed by atoms with Gasteiger partial charge in [-0.1, -0.05) is 6.07 Å². The molecule has 0 spiro atoms. The van der Waals surface area contributed by atoms with Gasteiger partial charge in [-0.2, -0.15) is 16.8 Å². The molecule has 0 saturated carbocycles. The molecule has 1 radical (unpaired) electrons. The van der Waals surface area contributed by atoms with Gasteiger partial charge in [0.05, 0.1) is 4.90 Å². The Morgan fingerprint density at radius 2 is 1.58 bits per heavy atom. The molecule has 0 unspecified atom stereocenters. The van der Waals surface area contributed by atoms with Crippen LogP contribution in [-0.2, 0) is 20.2 Å². The van der Waals surface area contributed by atoms with E-state index in [0.717, 1.165) is 24.3 Å². The van der Waals surface area contributed by atoms with E-state index >= 15 is 0 Å². The first-order valence-electron chi connectivity index (χ1n) is 4.73. The highest BCUT2D eigenvalue weighted by Crippen LogP contribution is 2.29. The van der Waals surface area contributed by atoms with Crippen LogP contribution in [0.5, 0.6) is 5.75 Å². The first-order valence-corrected chi connectivity index (χ1v) is 7.61. The van der Waals surface area contributed by atoms with E-state index < -0.39 is 35.8 Å². The van der Waals surface area contributed by atoms with Crippen molar-refractivity contribution >= 4 is 31.0 Å². The number of benzene rings is 2. The number of phenolic OH excluding ortho intramolecular Hbond substituents is 1. The third-order valence-electron chi connectivity index (χ3n) is 2.36. The van der Waals surface area contributed by atoms with Crippen LogP contribution in [-0.4, -0.2) is 31.0 Å². The summed E-state index contributed by atoms with van der Waals surface area (Å²) in [5.41, 5.74) is 0. The van der Waals surface area contributed by atoms with Crippen molar-refractivity contribution in [1.82, 2.24) is 0 Å². The van der Waals surface area contributed by atoms with Gasteiger partial charge in [0.25, 0.3) is 20.2 Å². The standard InChI is InChI=1S/C10H7O7S2/c11-7-3-6-4-8(18(12,13)14)1-2-9(6)10(5-7)19(15,16)17/h1-2,4-5,11H,(H,12,13,14)(H,15,16,17). The molecular formula is C10H7O7S2. The van der Waals surface area contributed by atoms with E-state index in [1.165, 1.54) is 0 Å². The molecule has 0 aliphatic rings. The smallest absolute Gasteiger partial charge is 0.295 e. The molecule has 2 aromatic rings. The fraction of sp³-hybridized carbons (Fsp3) is 0. The molecule has 2 aromatic carbocycles. The van der Waals surface area contributed by atoms with Gasteiger partial charge in [-0.05, 0) is 17.5 Å². The Morgan fingerprint density at radius 1 is 0.947 bits per heavy atom. The molecule has 101 valence electrons. The van der Waals surface area contributed by atoms with Crippen LogP contribution in [0.15, 0.2) is 34.1 Å². The molecule has 9 heteroatoms. The van der Waals surface area contributed by atoms with E-state index in [-0.39, 0.29) is 10.8 Å². The summed E-state index contributed by atoms with van der Waals surface area (Å²) in [5.74, 6) is -0.590. The zero-order valence-corrected chi connectivity index (χ0v) is 10.7. The van der Waals surface area contributed by atoms with Gasteiger partial charge >= 0.3 is 0 Å². The van der Waals surface area contributed by atoms with Gasteiger partial charge in [-0.25, -0.2) is 0 Å². The molecule has 0 aliphatic carbocycles. The lowest BCUT2D eigenvalue weighted by Gasteiger charge is -2.06. The molecule has 2 rings (SSSR count). The minimum absolute atomic E-state index is 0.0345. The van der Waals surface area contributed by atoms with Crippen molar-refractivity contribution in [2.75, 3.05) is 0 Å². The van der Waals surface area contributed by atoms with Crippen molar-refractivity contribution in [2.24, 2.45) is 0 Å². The lowest BCUT2D eigenvalue weighted by atomic mass is 10.1. The minimum Gasteiger partial charge on any atom is -0.507 e. The molecule has 0 fully saturated rings. The Hall–Kier alpha value is -1.68. The van der Waals surface area contributed by atoms with E-state index in [2.05, 4.69) is 6.07 Å². The van der Waals surface area contributed by atoms with E-state index in [0.29, 0.717) is 0 Å². The quantitative estimate of drug-likeness (QED) is 0.701. The monoisotopic (exact) mass is 303 g/mol. The lowest BCUT2D eigenvalue weighted by molar-refractivity contribution is 0.467. The normalized spacial score (nSPS) is 12.7. The van der Waals surface area contributed by atoms with Gasteiger partial charge in [-0.3, -0.25) is 9.11 Å². The van der Waals surface area contributed by atoms with Crippen LogP contribution < -0.4 is 0 Å². The van der Waals surface area contributed by atoms with Gasteiger partial charge in [0.1, 0.15) is 10.6 Å². The van der Waals surface area contributed by atoms with Crippen molar-refractivity contribution in [2.45, 2.75) is 9.79 Å². The molecule has 0 aliphatic heterocycles. The average Bonchev–Trinajstić information content (AvgIpc) is 2.24. The fourth-order valence-electron chi connectivity index (χ4n) is 1.59. The van der Waals surface area contributed by atoms with Crippen molar-refractivity contribution < 1.29 is 31.0 Å². The second-order valence-corrected chi connectivity index (χ2v) is 6.49. The van der Waals surface area contributed by atoms with E-state index in [9.17, 15) is 21.9 Å². The molecule has 0 atom stereocenters. The number of fused-ring (bicyclic) bond motifs is 1. The Bertz CT molecular complexity index is 866. The highest BCUT2D eigenvalue weighted by molar-refractivity contribution is 7.86. The molecule has 7 nitrogen and oxygen atoms in total. The van der Waals surface area contributed by atoms with Gasteiger partial charge in [0, 0.05) is 17.5 Å². The lowest BCUT2D eigenvalue weighted by Crippen LogP contribution is -2.01. The van der Waals surface area contributed by atoms with Gasteiger partial charge in [0.15, 0.2) is 0 Å². The first-order chi connectivity index (χ1) is 8.59. The fourth-order valence-corrected chi connectivity index (χ4v) is 2.81. The summed E-state index contributed by atoms with van der Waals surface area (Å²) < 4.78 is 62.1. The molecule has 3 N–H and O–H groups in total. The van der Waals surface area contributed by atoms with Gasteiger partial charge < -0.3 is 5.11 Å². The Kier molecular flexibility index (Phi) is 3.01. The van der Waals surface area contributed by atoms with Gasteiger partial charge in [0.2, 0.25) is 0 Å². The minimum atomic E-state index is -4.59. The van der Waals surface area contributed by atoms with Crippen molar-refractivity contribution in [3.63, 3.8) is 0 Å². The van der Waals surface area contributed by atoms with Crippen molar-refractivity contribution in [3.8, 4) is 5.75 Å². The Morgan fingerprint density at radius 3 is 2.11 bits per heavy atom. The maximum Gasteiger partial charge on any atom is 0.295 e. The third kappa shape index (κ3) is 2.68. The largest absolute Gasteiger partial charge is 0.507 e. The Balaban J connectivity index is 2.91. The number of rotatable bonds is 2. The summed E-state index contributed by atoms with van der Waals surface area (Å²) in [6.45, 7) is 0. The van der Waals surface area contributed by atoms with E-state index in [4.69, 9.17) is 9.11 Å². The van der Waals surface area contributed by atoms with Crippen LogP contribution in [0.1, 0.15) is 0 Å². The molecule has 0 saturated heterocycles. The zero-order chi connectivity index (χ0) is 14.4. The van der Waals surface area contributed by atoms with E-state index in [1.807, 2.05) is 0 Å². The summed E-state index contributed by atoms with van der Waals surface area (Å²) in [7, 11) is -9.06. The number of aromatic hydroxyl groups is 1. The summed E-state index contributed by atoms with van der Waals surface area (Å²) in [5, 5.41) is 9.21. The summed E-state index contributed by atoms with van der Waals surface area (Å²) >= 11 is 0. The molecule has 0 amide bonds. The topological polar surface area (TPSA) is 129 Å². The number of hydrogen-bond acceptors (Lipinski definition) is 5. The highest BCUT2D eigenvalue weighted by atomic mass is 32.2. The molecule has 0 heterocycles. The highest BCUT2D eigenvalue weighted by Gasteiger charge is 2.18. The number of hydrogen-bond donors (Lipinski definition) is 3. The second kappa shape index (κ2) is 4.17. The summed E-state index contributed by atoms with van der Waals surface area (Å²) in [4.78, 5) is -1.07. The van der Waals surface area contributed by atoms with Crippen molar-refractivity contribution in [3.05, 3.63) is 30.3 Å². The average molecular weight is 303 g/mol. The van der Waals surface area contributed by atoms with Crippen molar-refractivity contribution in [1.29, 1.82) is 0 Å². The third-order valence-corrected chi connectivity index (χ3v) is 4.11. The second-order valence-electron chi connectivity index (χ2n) is 3.68. The SMILES string of the molecule is O=S(=O)(O)c1ccc2c(S(=O)(=O)O)cc(O)[c]c2c1. The maximum absolute atomic E-state index is 11.1. The molecular weight excluding hydrogens is 296 g/mol. The predicted molar refractivity (Wildman–Crippen MR) is 64.1 cm³/mol. The zero-order valence-electron chi connectivity index (χ0n) is 9.10. The van der Waals surface area contributed by atoms with Crippen LogP contribution in [0.4, 0.5) is 0 Å².